The zero-order valence-electron chi connectivity index (χ0n) is 16.8. The average Bonchev–Trinajstić information content (AvgIpc) is 3.16. The predicted molar refractivity (Wildman–Crippen MR) is 111 cm³/mol. The fourth-order valence-corrected chi connectivity index (χ4v) is 5.55. The molecule has 2 atom stereocenters. The Labute approximate surface area is 166 Å². The highest BCUT2D eigenvalue weighted by Crippen LogP contribution is 2.25. The number of nitrogens with zero attached hydrogens (tertiary/aromatic N) is 3. The summed E-state index contributed by atoms with van der Waals surface area (Å²) in [5, 5.41) is 7.91. The van der Waals surface area contributed by atoms with Gasteiger partial charge in [0.25, 0.3) is 0 Å². The molecule has 0 spiro atoms. The third kappa shape index (κ3) is 4.06. The number of anilines is 1. The van der Waals surface area contributed by atoms with Gasteiger partial charge in [-0.05, 0) is 46.2 Å². The summed E-state index contributed by atoms with van der Waals surface area (Å²) >= 11 is 0. The molecule has 0 radical (unpaired) electrons. The van der Waals surface area contributed by atoms with E-state index in [4.69, 9.17) is 0 Å². The van der Waals surface area contributed by atoms with Crippen molar-refractivity contribution in [2.24, 2.45) is 0 Å². The van der Waals surface area contributed by atoms with Crippen molar-refractivity contribution in [3.05, 3.63) is 41.7 Å². The number of aromatic nitrogens is 2. The molecule has 1 aromatic heterocycles. The van der Waals surface area contributed by atoms with Gasteiger partial charge in [0.2, 0.25) is 5.91 Å². The van der Waals surface area contributed by atoms with E-state index in [-0.39, 0.29) is 23.5 Å². The first-order valence-corrected chi connectivity index (χ1v) is 11.4. The number of benzene rings is 1. The third-order valence-electron chi connectivity index (χ3n) is 5.30. The molecule has 0 aliphatic carbocycles. The zero-order chi connectivity index (χ0) is 20.5. The Hall–Kier alpha value is -2.35. The van der Waals surface area contributed by atoms with E-state index >= 15 is 0 Å². The van der Waals surface area contributed by atoms with Crippen molar-refractivity contribution in [2.75, 3.05) is 23.4 Å². The molecule has 2 aromatic rings. The number of carbonyl (C=O) groups is 1. The quantitative estimate of drug-likeness (QED) is 0.799. The van der Waals surface area contributed by atoms with Crippen LogP contribution in [0.15, 0.2) is 30.3 Å². The minimum atomic E-state index is -3.04. The Bertz CT molecular complexity index is 953. The molecule has 7 nitrogen and oxygen atoms in total. The standard InChI is InChI=1S/C20H28N4O3S/c1-5-23(18-11-12-28(26,27)13-18)20(25)15(3)21-19-14(2)22-24(16(19)4)17-9-7-6-8-10-17/h6-10,15,18,21H,5,11-13H2,1-4H3/t15-,18+/m1/s1. The van der Waals surface area contributed by atoms with Crippen molar-refractivity contribution >= 4 is 21.4 Å². The van der Waals surface area contributed by atoms with Crippen molar-refractivity contribution in [3.63, 3.8) is 0 Å². The molecule has 0 unspecified atom stereocenters. The van der Waals surface area contributed by atoms with Gasteiger partial charge in [0.05, 0.1) is 34.3 Å². The summed E-state index contributed by atoms with van der Waals surface area (Å²) in [6.45, 7) is 8.07. The summed E-state index contributed by atoms with van der Waals surface area (Å²) in [5.74, 6) is 0.130. The van der Waals surface area contributed by atoms with Gasteiger partial charge >= 0.3 is 0 Å². The number of carbonyl (C=O) groups excluding carboxylic acids is 1. The lowest BCUT2D eigenvalue weighted by atomic mass is 10.1. The number of nitrogens with one attached hydrogen (secondary N) is 1. The molecule has 2 heterocycles. The first-order valence-electron chi connectivity index (χ1n) is 9.62. The first-order chi connectivity index (χ1) is 13.2. The van der Waals surface area contributed by atoms with Crippen LogP contribution >= 0.6 is 0 Å². The Morgan fingerprint density at radius 3 is 2.57 bits per heavy atom. The molecule has 28 heavy (non-hydrogen) atoms. The van der Waals surface area contributed by atoms with Gasteiger partial charge in [-0.1, -0.05) is 18.2 Å². The third-order valence-corrected chi connectivity index (χ3v) is 7.05. The lowest BCUT2D eigenvalue weighted by Crippen LogP contribution is -2.47. The lowest BCUT2D eigenvalue weighted by Gasteiger charge is -2.30. The highest BCUT2D eigenvalue weighted by Gasteiger charge is 2.35. The van der Waals surface area contributed by atoms with Crippen molar-refractivity contribution < 1.29 is 13.2 Å². The SMILES string of the molecule is CCN(C(=O)[C@@H](C)Nc1c(C)nn(-c2ccccc2)c1C)[C@H]1CCS(=O)(=O)C1. The van der Waals surface area contributed by atoms with Crippen molar-refractivity contribution in [1.82, 2.24) is 14.7 Å². The van der Waals surface area contributed by atoms with Gasteiger partial charge in [0.1, 0.15) is 6.04 Å². The van der Waals surface area contributed by atoms with Gasteiger partial charge in [0.15, 0.2) is 9.84 Å². The number of likely N-dealkylation sites (N-methyl/N-ethyl adjacent to an activating group) is 1. The van der Waals surface area contributed by atoms with Crippen molar-refractivity contribution in [2.45, 2.75) is 46.2 Å². The van der Waals surface area contributed by atoms with Crippen molar-refractivity contribution in [3.8, 4) is 5.69 Å². The molecule has 3 rings (SSSR count). The molecule has 1 aliphatic heterocycles. The van der Waals surface area contributed by atoms with E-state index in [2.05, 4.69) is 10.4 Å². The van der Waals surface area contributed by atoms with Crippen LogP contribution in [-0.4, -0.2) is 59.1 Å². The number of hydrogen-bond donors (Lipinski definition) is 1. The first kappa shape index (κ1) is 20.4. The molecule has 0 bridgehead atoms. The van der Waals surface area contributed by atoms with E-state index in [0.29, 0.717) is 13.0 Å². The van der Waals surface area contributed by atoms with E-state index in [0.717, 1.165) is 22.8 Å². The van der Waals surface area contributed by atoms with Gasteiger partial charge in [0, 0.05) is 12.6 Å². The Morgan fingerprint density at radius 2 is 2.00 bits per heavy atom. The van der Waals surface area contributed by atoms with E-state index < -0.39 is 15.9 Å². The average molecular weight is 405 g/mol. The second-order valence-corrected chi connectivity index (χ2v) is 9.57. The van der Waals surface area contributed by atoms with Gasteiger partial charge in [-0.3, -0.25) is 4.79 Å². The van der Waals surface area contributed by atoms with Gasteiger partial charge in [-0.25, -0.2) is 13.1 Å². The van der Waals surface area contributed by atoms with Crippen molar-refractivity contribution in [1.29, 1.82) is 0 Å². The molecule has 152 valence electrons. The molecule has 1 saturated heterocycles. The monoisotopic (exact) mass is 404 g/mol. The van der Waals surface area contributed by atoms with Crippen LogP contribution in [0.1, 0.15) is 31.7 Å². The largest absolute Gasteiger partial charge is 0.371 e. The molecule has 1 aliphatic rings. The maximum atomic E-state index is 13.0. The van der Waals surface area contributed by atoms with Gasteiger partial charge in [-0.15, -0.1) is 0 Å². The number of sulfone groups is 1. The van der Waals surface area contributed by atoms with Crippen LogP contribution in [-0.2, 0) is 14.6 Å². The Balaban J connectivity index is 1.78. The van der Waals surface area contributed by atoms with Crippen LogP contribution in [0, 0.1) is 13.8 Å². The van der Waals surface area contributed by atoms with Crippen LogP contribution in [0.4, 0.5) is 5.69 Å². The normalized spacial score (nSPS) is 19.4. The number of para-hydroxylation sites is 1. The van der Waals surface area contributed by atoms with Gasteiger partial charge in [-0.2, -0.15) is 5.10 Å². The molecular weight excluding hydrogens is 376 g/mol. The minimum Gasteiger partial charge on any atom is -0.371 e. The summed E-state index contributed by atoms with van der Waals surface area (Å²) in [4.78, 5) is 14.7. The Kier molecular flexibility index (Phi) is 5.79. The summed E-state index contributed by atoms with van der Waals surface area (Å²) in [7, 11) is -3.04. The number of aryl methyl sites for hydroxylation is 1. The summed E-state index contributed by atoms with van der Waals surface area (Å²) in [5.41, 5.74) is 3.53. The summed E-state index contributed by atoms with van der Waals surface area (Å²) < 4.78 is 25.5. The fraction of sp³-hybridized carbons (Fsp3) is 0.500. The highest BCUT2D eigenvalue weighted by atomic mass is 32.2. The van der Waals surface area contributed by atoms with Crippen LogP contribution in [0.5, 0.6) is 0 Å². The number of hydrogen-bond acceptors (Lipinski definition) is 5. The topological polar surface area (TPSA) is 84.3 Å². The molecular formula is C20H28N4O3S. The number of amides is 1. The molecule has 1 N–H and O–H groups in total. The zero-order valence-corrected chi connectivity index (χ0v) is 17.7. The second kappa shape index (κ2) is 7.95. The van der Waals surface area contributed by atoms with Crippen LogP contribution in [0.25, 0.3) is 5.69 Å². The predicted octanol–water partition coefficient (Wildman–Crippen LogP) is 2.33. The molecule has 0 saturated carbocycles. The fourth-order valence-electron chi connectivity index (χ4n) is 3.81. The molecule has 1 amide bonds. The maximum Gasteiger partial charge on any atom is 0.245 e. The van der Waals surface area contributed by atoms with E-state index in [1.807, 2.05) is 62.7 Å². The lowest BCUT2D eigenvalue weighted by molar-refractivity contribution is -0.133. The molecule has 8 heteroatoms. The van der Waals surface area contributed by atoms with Crippen LogP contribution in [0.3, 0.4) is 0 Å². The summed E-state index contributed by atoms with van der Waals surface area (Å²) in [6.07, 6.45) is 0.513. The van der Waals surface area contributed by atoms with Crippen LogP contribution in [0.2, 0.25) is 0 Å². The number of rotatable bonds is 6. The van der Waals surface area contributed by atoms with E-state index in [9.17, 15) is 13.2 Å². The molecule has 1 aromatic carbocycles. The van der Waals surface area contributed by atoms with E-state index in [1.165, 1.54) is 0 Å². The maximum absolute atomic E-state index is 13.0. The Morgan fingerprint density at radius 1 is 1.32 bits per heavy atom. The summed E-state index contributed by atoms with van der Waals surface area (Å²) in [6, 6.07) is 9.13. The minimum absolute atomic E-state index is 0.0588. The van der Waals surface area contributed by atoms with Crippen LogP contribution < -0.4 is 5.32 Å². The molecule has 1 fully saturated rings. The highest BCUT2D eigenvalue weighted by molar-refractivity contribution is 7.91. The smallest absolute Gasteiger partial charge is 0.245 e. The van der Waals surface area contributed by atoms with E-state index in [1.54, 1.807) is 4.90 Å². The van der Waals surface area contributed by atoms with Gasteiger partial charge < -0.3 is 10.2 Å². The second-order valence-electron chi connectivity index (χ2n) is 7.34.